The van der Waals surface area contributed by atoms with Crippen LogP contribution in [-0.2, 0) is 0 Å². The normalized spacial score (nSPS) is 20.2. The van der Waals surface area contributed by atoms with Crippen molar-refractivity contribution in [2.75, 3.05) is 5.32 Å². The standard InChI is InChI=1S/C12H16FN/c1-9(12(2)7-8-12)14-11-5-3-10(13)4-6-11/h3-6,9,14H,7-8H2,1-2H3. The minimum absolute atomic E-state index is 0.180. The Morgan fingerprint density at radius 2 is 1.86 bits per heavy atom. The highest BCUT2D eigenvalue weighted by molar-refractivity contribution is 5.44. The number of benzene rings is 1. The molecule has 0 bridgehead atoms. The molecule has 2 heteroatoms. The lowest BCUT2D eigenvalue weighted by Gasteiger charge is -2.21. The zero-order chi connectivity index (χ0) is 10.2. The first-order chi connectivity index (χ1) is 6.60. The van der Waals surface area contributed by atoms with E-state index in [0.29, 0.717) is 11.5 Å². The van der Waals surface area contributed by atoms with E-state index in [0.717, 1.165) is 5.69 Å². The van der Waals surface area contributed by atoms with Gasteiger partial charge in [0.1, 0.15) is 5.82 Å². The molecule has 1 aliphatic rings. The van der Waals surface area contributed by atoms with Gasteiger partial charge in [0.2, 0.25) is 0 Å². The van der Waals surface area contributed by atoms with Crippen LogP contribution in [0.3, 0.4) is 0 Å². The summed E-state index contributed by atoms with van der Waals surface area (Å²) in [7, 11) is 0. The molecule has 1 fully saturated rings. The molecule has 0 aliphatic heterocycles. The lowest BCUT2D eigenvalue weighted by atomic mass is 10.0. The van der Waals surface area contributed by atoms with Crippen LogP contribution in [0.4, 0.5) is 10.1 Å². The Kier molecular flexibility index (Phi) is 2.22. The van der Waals surface area contributed by atoms with Crippen LogP contribution >= 0.6 is 0 Å². The highest BCUT2D eigenvalue weighted by Gasteiger charge is 2.42. The molecule has 0 radical (unpaired) electrons. The molecular weight excluding hydrogens is 177 g/mol. The molecule has 1 aliphatic carbocycles. The molecular formula is C12H16FN. The van der Waals surface area contributed by atoms with Gasteiger partial charge < -0.3 is 5.32 Å². The molecule has 14 heavy (non-hydrogen) atoms. The van der Waals surface area contributed by atoms with Crippen LogP contribution in [0, 0.1) is 11.2 Å². The van der Waals surface area contributed by atoms with Crippen LogP contribution in [0.5, 0.6) is 0 Å². The summed E-state index contributed by atoms with van der Waals surface area (Å²) in [6, 6.07) is 7.02. The van der Waals surface area contributed by atoms with Crippen LogP contribution in [0.15, 0.2) is 24.3 Å². The molecule has 0 saturated heterocycles. The number of hydrogen-bond acceptors (Lipinski definition) is 1. The Labute approximate surface area is 84.3 Å². The number of nitrogens with one attached hydrogen (secondary N) is 1. The molecule has 0 heterocycles. The van der Waals surface area contributed by atoms with Crippen LogP contribution in [0.25, 0.3) is 0 Å². The van der Waals surface area contributed by atoms with E-state index < -0.39 is 0 Å². The Morgan fingerprint density at radius 3 is 2.36 bits per heavy atom. The topological polar surface area (TPSA) is 12.0 Å². The molecule has 1 atom stereocenters. The first-order valence-corrected chi connectivity index (χ1v) is 5.12. The molecule has 1 aromatic carbocycles. The third kappa shape index (κ3) is 1.89. The maximum absolute atomic E-state index is 12.6. The van der Waals surface area contributed by atoms with E-state index in [1.54, 1.807) is 12.1 Å². The summed E-state index contributed by atoms with van der Waals surface area (Å²) >= 11 is 0. The first-order valence-electron chi connectivity index (χ1n) is 5.12. The lowest BCUT2D eigenvalue weighted by molar-refractivity contribution is 0.493. The van der Waals surface area contributed by atoms with Crippen molar-refractivity contribution in [3.8, 4) is 0 Å². The Hall–Kier alpha value is -1.05. The molecule has 1 saturated carbocycles. The van der Waals surface area contributed by atoms with Crippen molar-refractivity contribution in [2.24, 2.45) is 5.41 Å². The predicted molar refractivity (Wildman–Crippen MR) is 56.8 cm³/mol. The third-order valence-corrected chi connectivity index (χ3v) is 3.31. The number of hydrogen-bond donors (Lipinski definition) is 1. The van der Waals surface area contributed by atoms with E-state index in [-0.39, 0.29) is 5.82 Å². The van der Waals surface area contributed by atoms with Gasteiger partial charge in [-0.3, -0.25) is 0 Å². The molecule has 0 aromatic heterocycles. The summed E-state index contributed by atoms with van der Waals surface area (Å²) in [5.74, 6) is -0.180. The summed E-state index contributed by atoms with van der Waals surface area (Å²) in [6.45, 7) is 4.48. The van der Waals surface area contributed by atoms with Gasteiger partial charge in [0.05, 0.1) is 0 Å². The molecule has 0 amide bonds. The van der Waals surface area contributed by atoms with E-state index in [9.17, 15) is 4.39 Å². The van der Waals surface area contributed by atoms with Gasteiger partial charge in [0.25, 0.3) is 0 Å². The van der Waals surface area contributed by atoms with Crippen LogP contribution < -0.4 is 5.32 Å². The Bertz CT molecular complexity index is 314. The maximum atomic E-state index is 12.6. The predicted octanol–water partition coefficient (Wildman–Crippen LogP) is 3.43. The second-order valence-corrected chi connectivity index (χ2v) is 4.53. The van der Waals surface area contributed by atoms with E-state index in [4.69, 9.17) is 0 Å². The summed E-state index contributed by atoms with van der Waals surface area (Å²) in [5.41, 5.74) is 1.46. The molecule has 1 unspecified atom stereocenters. The van der Waals surface area contributed by atoms with E-state index in [1.807, 2.05) is 0 Å². The van der Waals surface area contributed by atoms with Gasteiger partial charge in [0.15, 0.2) is 0 Å². The smallest absolute Gasteiger partial charge is 0.123 e. The largest absolute Gasteiger partial charge is 0.382 e. The van der Waals surface area contributed by atoms with Crippen LogP contribution in [0.2, 0.25) is 0 Å². The molecule has 1 nitrogen and oxygen atoms in total. The lowest BCUT2D eigenvalue weighted by Crippen LogP contribution is -2.24. The minimum atomic E-state index is -0.180. The van der Waals surface area contributed by atoms with E-state index in [1.165, 1.54) is 25.0 Å². The van der Waals surface area contributed by atoms with E-state index >= 15 is 0 Å². The van der Waals surface area contributed by atoms with Crippen molar-refractivity contribution in [1.29, 1.82) is 0 Å². The fraction of sp³-hybridized carbons (Fsp3) is 0.500. The molecule has 1 N–H and O–H groups in total. The van der Waals surface area contributed by atoms with Gasteiger partial charge in [0, 0.05) is 11.7 Å². The zero-order valence-electron chi connectivity index (χ0n) is 8.68. The third-order valence-electron chi connectivity index (χ3n) is 3.31. The SMILES string of the molecule is CC(Nc1ccc(F)cc1)C1(C)CC1. The van der Waals surface area contributed by atoms with Crippen molar-refractivity contribution >= 4 is 5.69 Å². The van der Waals surface area contributed by atoms with Crippen molar-refractivity contribution in [1.82, 2.24) is 0 Å². The van der Waals surface area contributed by atoms with Crippen LogP contribution in [0.1, 0.15) is 26.7 Å². The van der Waals surface area contributed by atoms with Gasteiger partial charge >= 0.3 is 0 Å². The van der Waals surface area contributed by atoms with Gasteiger partial charge in [-0.25, -0.2) is 4.39 Å². The fourth-order valence-electron chi connectivity index (χ4n) is 1.60. The molecule has 2 rings (SSSR count). The van der Waals surface area contributed by atoms with Crippen molar-refractivity contribution < 1.29 is 4.39 Å². The fourth-order valence-corrected chi connectivity index (χ4v) is 1.60. The highest BCUT2D eigenvalue weighted by Crippen LogP contribution is 2.48. The Balaban J connectivity index is 2.00. The Morgan fingerprint density at radius 1 is 1.29 bits per heavy atom. The summed E-state index contributed by atoms with van der Waals surface area (Å²) in [6.07, 6.45) is 2.59. The first kappa shape index (κ1) is 9.50. The van der Waals surface area contributed by atoms with Crippen molar-refractivity contribution in [3.05, 3.63) is 30.1 Å². The maximum Gasteiger partial charge on any atom is 0.123 e. The molecule has 1 aromatic rings. The summed E-state index contributed by atoms with van der Waals surface area (Å²) < 4.78 is 12.6. The van der Waals surface area contributed by atoms with Crippen molar-refractivity contribution in [3.63, 3.8) is 0 Å². The van der Waals surface area contributed by atoms with E-state index in [2.05, 4.69) is 19.2 Å². The monoisotopic (exact) mass is 193 g/mol. The number of halogens is 1. The highest BCUT2D eigenvalue weighted by atomic mass is 19.1. The summed E-state index contributed by atoms with van der Waals surface area (Å²) in [4.78, 5) is 0. The quantitative estimate of drug-likeness (QED) is 0.775. The van der Waals surface area contributed by atoms with Gasteiger partial charge in [-0.1, -0.05) is 6.92 Å². The van der Waals surface area contributed by atoms with Crippen molar-refractivity contribution in [2.45, 2.75) is 32.7 Å². The second kappa shape index (κ2) is 3.26. The van der Waals surface area contributed by atoms with Gasteiger partial charge in [-0.2, -0.15) is 0 Å². The number of rotatable bonds is 3. The zero-order valence-corrected chi connectivity index (χ0v) is 8.68. The molecule has 0 spiro atoms. The number of anilines is 1. The molecule has 76 valence electrons. The average Bonchev–Trinajstić information content (AvgIpc) is 2.89. The van der Waals surface area contributed by atoms with Gasteiger partial charge in [-0.05, 0) is 49.4 Å². The van der Waals surface area contributed by atoms with Gasteiger partial charge in [-0.15, -0.1) is 0 Å². The van der Waals surface area contributed by atoms with Crippen LogP contribution in [-0.4, -0.2) is 6.04 Å². The minimum Gasteiger partial charge on any atom is -0.382 e. The summed E-state index contributed by atoms with van der Waals surface area (Å²) in [5, 5.41) is 3.40. The second-order valence-electron chi connectivity index (χ2n) is 4.53. The average molecular weight is 193 g/mol.